The van der Waals surface area contributed by atoms with Crippen molar-refractivity contribution < 1.29 is 9.47 Å². The molecule has 1 fully saturated rings. The Morgan fingerprint density at radius 1 is 1.29 bits per heavy atom. The lowest BCUT2D eigenvalue weighted by atomic mass is 10.1. The average molecular weight is 311 g/mol. The third-order valence-corrected chi connectivity index (χ3v) is 4.32. The molecule has 116 valence electrons. The van der Waals surface area contributed by atoms with Gasteiger partial charge in [-0.05, 0) is 30.7 Å². The Hall–Kier alpha value is -0.970. The van der Waals surface area contributed by atoms with Crippen LogP contribution in [0.3, 0.4) is 0 Å². The van der Waals surface area contributed by atoms with Gasteiger partial charge < -0.3 is 14.8 Å². The van der Waals surface area contributed by atoms with Crippen LogP contribution in [0.2, 0.25) is 5.02 Å². The molecule has 0 unspecified atom stereocenters. The standard InChI is InChI=1S/C16H23ClN2O2/c1-2-4-19(13-9-18-10-13)11-12-7-14(17)16-15(8-12)20-5-3-6-21-16/h7-8,13,18H,2-6,9-11H2,1H3. The van der Waals surface area contributed by atoms with Gasteiger partial charge in [-0.25, -0.2) is 0 Å². The highest BCUT2D eigenvalue weighted by Crippen LogP contribution is 2.38. The molecule has 1 aromatic carbocycles. The first-order valence-corrected chi connectivity index (χ1v) is 8.18. The number of rotatable bonds is 5. The highest BCUT2D eigenvalue weighted by molar-refractivity contribution is 6.32. The molecular formula is C16H23ClN2O2. The van der Waals surface area contributed by atoms with Gasteiger partial charge in [0.25, 0.3) is 0 Å². The number of halogens is 1. The zero-order chi connectivity index (χ0) is 14.7. The third kappa shape index (κ3) is 3.44. The molecular weight excluding hydrogens is 288 g/mol. The van der Waals surface area contributed by atoms with E-state index in [1.165, 1.54) is 5.56 Å². The molecule has 2 aliphatic heterocycles. The van der Waals surface area contributed by atoms with E-state index in [1.807, 2.05) is 6.07 Å². The Labute approximate surface area is 131 Å². The fourth-order valence-corrected chi connectivity index (χ4v) is 3.11. The number of nitrogens with zero attached hydrogens (tertiary/aromatic N) is 1. The lowest BCUT2D eigenvalue weighted by molar-refractivity contribution is 0.137. The van der Waals surface area contributed by atoms with E-state index in [1.54, 1.807) is 0 Å². The van der Waals surface area contributed by atoms with Gasteiger partial charge in [-0.15, -0.1) is 0 Å². The number of ether oxygens (including phenoxy) is 2. The molecule has 0 atom stereocenters. The van der Waals surface area contributed by atoms with E-state index in [2.05, 4.69) is 23.2 Å². The van der Waals surface area contributed by atoms with Gasteiger partial charge in [0.2, 0.25) is 0 Å². The van der Waals surface area contributed by atoms with Crippen molar-refractivity contribution in [1.82, 2.24) is 10.2 Å². The van der Waals surface area contributed by atoms with E-state index in [0.29, 0.717) is 30.0 Å². The molecule has 0 bridgehead atoms. The molecule has 0 aromatic heterocycles. The van der Waals surface area contributed by atoms with Gasteiger partial charge in [-0.1, -0.05) is 18.5 Å². The van der Waals surface area contributed by atoms with Crippen LogP contribution in [-0.4, -0.2) is 43.8 Å². The highest BCUT2D eigenvalue weighted by Gasteiger charge is 2.25. The number of benzene rings is 1. The molecule has 0 aliphatic carbocycles. The Kier molecular flexibility index (Phi) is 4.88. The van der Waals surface area contributed by atoms with Crippen LogP contribution in [0.15, 0.2) is 12.1 Å². The van der Waals surface area contributed by atoms with Gasteiger partial charge in [0.1, 0.15) is 0 Å². The van der Waals surface area contributed by atoms with Crippen molar-refractivity contribution in [2.24, 2.45) is 0 Å². The minimum Gasteiger partial charge on any atom is -0.489 e. The highest BCUT2D eigenvalue weighted by atomic mass is 35.5. The van der Waals surface area contributed by atoms with Gasteiger partial charge in [-0.3, -0.25) is 4.90 Å². The lowest BCUT2D eigenvalue weighted by Crippen LogP contribution is -2.56. The molecule has 0 radical (unpaired) electrons. The lowest BCUT2D eigenvalue weighted by Gasteiger charge is -2.38. The first-order chi connectivity index (χ1) is 10.3. The molecule has 1 saturated heterocycles. The van der Waals surface area contributed by atoms with Crippen LogP contribution in [-0.2, 0) is 6.54 Å². The summed E-state index contributed by atoms with van der Waals surface area (Å²) in [7, 11) is 0. The van der Waals surface area contributed by atoms with Crippen molar-refractivity contribution in [3.63, 3.8) is 0 Å². The van der Waals surface area contributed by atoms with E-state index in [4.69, 9.17) is 21.1 Å². The maximum Gasteiger partial charge on any atom is 0.179 e. The fourth-order valence-electron chi connectivity index (χ4n) is 2.82. The molecule has 1 aromatic rings. The van der Waals surface area contributed by atoms with Crippen LogP contribution in [0.1, 0.15) is 25.3 Å². The predicted octanol–water partition coefficient (Wildman–Crippen LogP) is 2.69. The van der Waals surface area contributed by atoms with E-state index in [-0.39, 0.29) is 0 Å². The van der Waals surface area contributed by atoms with Crippen molar-refractivity contribution in [3.8, 4) is 11.5 Å². The van der Waals surface area contributed by atoms with Crippen LogP contribution >= 0.6 is 11.6 Å². The minimum absolute atomic E-state index is 0.639. The molecule has 0 saturated carbocycles. The van der Waals surface area contributed by atoms with Crippen molar-refractivity contribution in [3.05, 3.63) is 22.7 Å². The summed E-state index contributed by atoms with van der Waals surface area (Å²) in [6, 6.07) is 4.74. The number of hydrogen-bond donors (Lipinski definition) is 1. The van der Waals surface area contributed by atoms with Gasteiger partial charge in [0.15, 0.2) is 11.5 Å². The van der Waals surface area contributed by atoms with Crippen molar-refractivity contribution in [1.29, 1.82) is 0 Å². The average Bonchev–Trinajstić information content (AvgIpc) is 2.62. The summed E-state index contributed by atoms with van der Waals surface area (Å²) in [6.07, 6.45) is 2.06. The molecule has 3 rings (SSSR count). The molecule has 2 aliphatic rings. The number of nitrogens with one attached hydrogen (secondary N) is 1. The van der Waals surface area contributed by atoms with E-state index in [0.717, 1.165) is 44.8 Å². The molecule has 0 amide bonds. The molecule has 5 heteroatoms. The Morgan fingerprint density at radius 2 is 2.10 bits per heavy atom. The maximum absolute atomic E-state index is 6.37. The van der Waals surface area contributed by atoms with Crippen LogP contribution in [0.5, 0.6) is 11.5 Å². The number of hydrogen-bond acceptors (Lipinski definition) is 4. The molecule has 21 heavy (non-hydrogen) atoms. The fraction of sp³-hybridized carbons (Fsp3) is 0.625. The summed E-state index contributed by atoms with van der Waals surface area (Å²) in [5.74, 6) is 1.49. The van der Waals surface area contributed by atoms with Crippen molar-refractivity contribution >= 4 is 11.6 Å². The van der Waals surface area contributed by atoms with Crippen LogP contribution in [0.4, 0.5) is 0 Å². The maximum atomic E-state index is 6.37. The molecule has 4 nitrogen and oxygen atoms in total. The SMILES string of the molecule is CCCN(Cc1cc(Cl)c2c(c1)OCCCO2)C1CNC1. The normalized spacial score (nSPS) is 18.4. The van der Waals surface area contributed by atoms with Gasteiger partial charge >= 0.3 is 0 Å². The largest absolute Gasteiger partial charge is 0.489 e. The zero-order valence-corrected chi connectivity index (χ0v) is 13.3. The third-order valence-electron chi connectivity index (χ3n) is 4.03. The van der Waals surface area contributed by atoms with Gasteiger partial charge in [-0.2, -0.15) is 0 Å². The van der Waals surface area contributed by atoms with Crippen LogP contribution in [0.25, 0.3) is 0 Å². The second kappa shape index (κ2) is 6.86. The predicted molar refractivity (Wildman–Crippen MR) is 84.4 cm³/mol. The quantitative estimate of drug-likeness (QED) is 0.906. The van der Waals surface area contributed by atoms with Crippen LogP contribution in [0, 0.1) is 0 Å². The summed E-state index contributed by atoms with van der Waals surface area (Å²) in [5, 5.41) is 4.00. The van der Waals surface area contributed by atoms with E-state index < -0.39 is 0 Å². The van der Waals surface area contributed by atoms with Crippen LogP contribution < -0.4 is 14.8 Å². The summed E-state index contributed by atoms with van der Waals surface area (Å²) in [5.41, 5.74) is 1.20. The summed E-state index contributed by atoms with van der Waals surface area (Å²) in [6.45, 7) is 7.77. The Morgan fingerprint density at radius 3 is 2.81 bits per heavy atom. The van der Waals surface area contributed by atoms with Crippen molar-refractivity contribution in [2.75, 3.05) is 32.8 Å². The van der Waals surface area contributed by atoms with Crippen molar-refractivity contribution in [2.45, 2.75) is 32.4 Å². The first kappa shape index (κ1) is 14.9. The topological polar surface area (TPSA) is 33.7 Å². The minimum atomic E-state index is 0.639. The van der Waals surface area contributed by atoms with Gasteiger partial charge in [0, 0.05) is 32.1 Å². The summed E-state index contributed by atoms with van der Waals surface area (Å²) in [4.78, 5) is 2.52. The smallest absolute Gasteiger partial charge is 0.179 e. The van der Waals surface area contributed by atoms with Gasteiger partial charge in [0.05, 0.1) is 18.2 Å². The molecule has 2 heterocycles. The van der Waals surface area contributed by atoms with E-state index >= 15 is 0 Å². The summed E-state index contributed by atoms with van der Waals surface area (Å²) >= 11 is 6.37. The molecule has 1 N–H and O–H groups in total. The zero-order valence-electron chi connectivity index (χ0n) is 12.5. The first-order valence-electron chi connectivity index (χ1n) is 7.80. The number of fused-ring (bicyclic) bond motifs is 1. The monoisotopic (exact) mass is 310 g/mol. The Balaban J connectivity index is 1.78. The molecule has 0 spiro atoms. The second-order valence-electron chi connectivity index (χ2n) is 5.74. The summed E-state index contributed by atoms with van der Waals surface area (Å²) < 4.78 is 11.5. The second-order valence-corrected chi connectivity index (χ2v) is 6.15. The Bertz CT molecular complexity index is 491. The van der Waals surface area contributed by atoms with E-state index in [9.17, 15) is 0 Å².